The largest absolute Gasteiger partial charge is 0.369 e. The Morgan fingerprint density at radius 2 is 1.96 bits per heavy atom. The van der Waals surface area contributed by atoms with Crippen LogP contribution in [0.4, 0.5) is 5.82 Å². The second-order valence-electron chi connectivity index (χ2n) is 5.78. The van der Waals surface area contributed by atoms with E-state index in [1.54, 1.807) is 6.33 Å². The summed E-state index contributed by atoms with van der Waals surface area (Å²) in [6, 6.07) is 7.89. The first-order chi connectivity index (χ1) is 11.2. The van der Waals surface area contributed by atoms with Crippen molar-refractivity contribution in [3.05, 3.63) is 30.6 Å². The van der Waals surface area contributed by atoms with Crippen molar-refractivity contribution in [2.45, 2.75) is 19.3 Å². The molecule has 1 aromatic carbocycles. The second-order valence-corrected chi connectivity index (χ2v) is 5.78. The van der Waals surface area contributed by atoms with Gasteiger partial charge in [0.1, 0.15) is 12.1 Å². The molecule has 1 amide bonds. The van der Waals surface area contributed by atoms with Crippen LogP contribution in [-0.2, 0) is 4.79 Å². The van der Waals surface area contributed by atoms with E-state index in [2.05, 4.69) is 25.5 Å². The van der Waals surface area contributed by atoms with Gasteiger partial charge in [0.15, 0.2) is 0 Å². The van der Waals surface area contributed by atoms with Crippen molar-refractivity contribution >= 4 is 22.6 Å². The standard InChI is InChI=1S/C17H25N5O/c1-22(2)12-6-11-18-16(23)9-5-10-19-17-14-7-3-4-8-15(14)20-13-21-17/h3-4,7-8,13H,5-6,9-12H2,1-2H3,(H,18,23)(H,19,20,21). The Morgan fingerprint density at radius 3 is 2.78 bits per heavy atom. The number of anilines is 1. The van der Waals surface area contributed by atoms with E-state index < -0.39 is 0 Å². The van der Waals surface area contributed by atoms with Crippen molar-refractivity contribution < 1.29 is 4.79 Å². The Bertz CT molecular complexity index is 624. The average molecular weight is 315 g/mol. The molecule has 0 aliphatic rings. The molecular weight excluding hydrogens is 290 g/mol. The topological polar surface area (TPSA) is 70.2 Å². The van der Waals surface area contributed by atoms with Crippen LogP contribution in [0.1, 0.15) is 19.3 Å². The van der Waals surface area contributed by atoms with Crippen LogP contribution < -0.4 is 10.6 Å². The highest BCUT2D eigenvalue weighted by molar-refractivity contribution is 5.88. The summed E-state index contributed by atoms with van der Waals surface area (Å²) in [5, 5.41) is 7.24. The monoisotopic (exact) mass is 315 g/mol. The molecule has 1 heterocycles. The summed E-state index contributed by atoms with van der Waals surface area (Å²) in [5.41, 5.74) is 0.920. The molecule has 0 spiro atoms. The number of hydrogen-bond acceptors (Lipinski definition) is 5. The Morgan fingerprint density at radius 1 is 1.13 bits per heavy atom. The van der Waals surface area contributed by atoms with Gasteiger partial charge in [-0.3, -0.25) is 4.79 Å². The lowest BCUT2D eigenvalue weighted by atomic mass is 10.2. The van der Waals surface area contributed by atoms with Crippen LogP contribution in [0, 0.1) is 0 Å². The van der Waals surface area contributed by atoms with Crippen LogP contribution in [0.2, 0.25) is 0 Å². The Kier molecular flexibility index (Phi) is 6.75. The van der Waals surface area contributed by atoms with E-state index in [1.807, 2.05) is 38.4 Å². The third-order valence-electron chi connectivity index (χ3n) is 3.52. The van der Waals surface area contributed by atoms with Gasteiger partial charge in [0.05, 0.1) is 5.52 Å². The van der Waals surface area contributed by atoms with Crippen molar-refractivity contribution in [2.75, 3.05) is 39.0 Å². The van der Waals surface area contributed by atoms with E-state index in [-0.39, 0.29) is 5.91 Å². The van der Waals surface area contributed by atoms with Gasteiger partial charge >= 0.3 is 0 Å². The van der Waals surface area contributed by atoms with Crippen molar-refractivity contribution in [3.63, 3.8) is 0 Å². The van der Waals surface area contributed by atoms with Gasteiger partial charge in [0.25, 0.3) is 0 Å². The lowest BCUT2D eigenvalue weighted by Crippen LogP contribution is -2.27. The fourth-order valence-corrected chi connectivity index (χ4v) is 2.31. The maximum Gasteiger partial charge on any atom is 0.220 e. The van der Waals surface area contributed by atoms with Gasteiger partial charge in [-0.1, -0.05) is 12.1 Å². The minimum absolute atomic E-state index is 0.109. The van der Waals surface area contributed by atoms with E-state index in [0.29, 0.717) is 13.0 Å². The van der Waals surface area contributed by atoms with Crippen LogP contribution >= 0.6 is 0 Å². The van der Waals surface area contributed by atoms with Crippen LogP contribution in [0.15, 0.2) is 30.6 Å². The second kappa shape index (κ2) is 9.05. The summed E-state index contributed by atoms with van der Waals surface area (Å²) in [7, 11) is 4.06. The summed E-state index contributed by atoms with van der Waals surface area (Å²) < 4.78 is 0. The summed E-state index contributed by atoms with van der Waals surface area (Å²) in [5.74, 6) is 0.931. The van der Waals surface area contributed by atoms with Gasteiger partial charge in [0, 0.05) is 24.9 Å². The minimum Gasteiger partial charge on any atom is -0.369 e. The SMILES string of the molecule is CN(C)CCCNC(=O)CCCNc1ncnc2ccccc12. The number of nitrogens with zero attached hydrogens (tertiary/aromatic N) is 3. The molecule has 0 bridgehead atoms. The molecule has 0 unspecified atom stereocenters. The van der Waals surface area contributed by atoms with Crippen LogP contribution in [-0.4, -0.2) is 54.5 Å². The number of fused-ring (bicyclic) bond motifs is 1. The number of benzene rings is 1. The Balaban J connectivity index is 1.68. The molecule has 2 rings (SSSR count). The third kappa shape index (κ3) is 5.83. The van der Waals surface area contributed by atoms with Gasteiger partial charge in [-0.05, 0) is 45.6 Å². The van der Waals surface area contributed by atoms with Crippen LogP contribution in [0.3, 0.4) is 0 Å². The van der Waals surface area contributed by atoms with Gasteiger partial charge < -0.3 is 15.5 Å². The van der Waals surface area contributed by atoms with E-state index in [1.165, 1.54) is 0 Å². The highest BCUT2D eigenvalue weighted by Crippen LogP contribution is 2.18. The van der Waals surface area contributed by atoms with Crippen molar-refractivity contribution in [2.24, 2.45) is 0 Å². The quantitative estimate of drug-likeness (QED) is 0.692. The van der Waals surface area contributed by atoms with Gasteiger partial charge in [-0.2, -0.15) is 0 Å². The summed E-state index contributed by atoms with van der Waals surface area (Å²) in [6.07, 6.45) is 3.84. The molecule has 1 aromatic heterocycles. The van der Waals surface area contributed by atoms with E-state index in [9.17, 15) is 4.79 Å². The van der Waals surface area contributed by atoms with Crippen LogP contribution in [0.25, 0.3) is 10.9 Å². The highest BCUT2D eigenvalue weighted by atomic mass is 16.1. The molecule has 0 aliphatic carbocycles. The molecule has 0 aliphatic heterocycles. The minimum atomic E-state index is 0.109. The summed E-state index contributed by atoms with van der Waals surface area (Å²) in [6.45, 7) is 2.44. The average Bonchev–Trinajstić information content (AvgIpc) is 2.55. The number of para-hydroxylation sites is 1. The number of hydrogen-bond donors (Lipinski definition) is 2. The van der Waals surface area contributed by atoms with Crippen molar-refractivity contribution in [1.29, 1.82) is 0 Å². The molecule has 6 heteroatoms. The van der Waals surface area contributed by atoms with E-state index in [4.69, 9.17) is 0 Å². The third-order valence-corrected chi connectivity index (χ3v) is 3.52. The Labute approximate surface area is 137 Å². The zero-order valence-corrected chi connectivity index (χ0v) is 13.9. The first-order valence-electron chi connectivity index (χ1n) is 8.02. The molecule has 0 fully saturated rings. The molecule has 0 saturated heterocycles. The van der Waals surface area contributed by atoms with Gasteiger partial charge in [-0.15, -0.1) is 0 Å². The number of carbonyl (C=O) groups is 1. The number of rotatable bonds is 9. The van der Waals surface area contributed by atoms with Crippen molar-refractivity contribution in [1.82, 2.24) is 20.2 Å². The predicted octanol–water partition coefficient (Wildman–Crippen LogP) is 1.89. The molecule has 0 radical (unpaired) electrons. The number of aromatic nitrogens is 2. The maximum absolute atomic E-state index is 11.7. The fraction of sp³-hybridized carbons (Fsp3) is 0.471. The molecule has 6 nitrogen and oxygen atoms in total. The predicted molar refractivity (Wildman–Crippen MR) is 93.4 cm³/mol. The molecule has 2 N–H and O–H groups in total. The van der Waals surface area contributed by atoms with E-state index >= 15 is 0 Å². The lowest BCUT2D eigenvalue weighted by molar-refractivity contribution is -0.121. The Hall–Kier alpha value is -2.21. The smallest absolute Gasteiger partial charge is 0.220 e. The van der Waals surface area contributed by atoms with Crippen LogP contribution in [0.5, 0.6) is 0 Å². The summed E-state index contributed by atoms with van der Waals surface area (Å²) in [4.78, 5) is 22.4. The molecular formula is C17H25N5O. The van der Waals surface area contributed by atoms with Gasteiger partial charge in [-0.25, -0.2) is 9.97 Å². The maximum atomic E-state index is 11.7. The lowest BCUT2D eigenvalue weighted by Gasteiger charge is -2.10. The highest BCUT2D eigenvalue weighted by Gasteiger charge is 2.04. The normalized spacial score (nSPS) is 10.9. The molecule has 124 valence electrons. The molecule has 2 aromatic rings. The zero-order chi connectivity index (χ0) is 16.5. The molecule has 23 heavy (non-hydrogen) atoms. The first kappa shape index (κ1) is 17.1. The summed E-state index contributed by atoms with van der Waals surface area (Å²) >= 11 is 0. The number of nitrogens with one attached hydrogen (secondary N) is 2. The molecule has 0 saturated carbocycles. The number of carbonyl (C=O) groups excluding carboxylic acids is 1. The number of amides is 1. The fourth-order valence-electron chi connectivity index (χ4n) is 2.31. The zero-order valence-electron chi connectivity index (χ0n) is 13.9. The van der Waals surface area contributed by atoms with E-state index in [0.717, 1.165) is 42.7 Å². The first-order valence-corrected chi connectivity index (χ1v) is 8.02. The van der Waals surface area contributed by atoms with Gasteiger partial charge in [0.2, 0.25) is 5.91 Å². The van der Waals surface area contributed by atoms with Crippen molar-refractivity contribution in [3.8, 4) is 0 Å². The molecule has 0 atom stereocenters.